The molecular formula is C16H16N2OS. The molecule has 2 rings (SSSR count). The number of rotatable bonds is 5. The highest BCUT2D eigenvalue weighted by Gasteiger charge is 2.06. The van der Waals surface area contributed by atoms with E-state index in [0.29, 0.717) is 11.3 Å². The molecule has 0 amide bonds. The molecule has 0 spiro atoms. The van der Waals surface area contributed by atoms with Crippen molar-refractivity contribution < 1.29 is 4.74 Å². The second-order valence-corrected chi connectivity index (χ2v) is 5.13. The van der Waals surface area contributed by atoms with E-state index in [-0.39, 0.29) is 0 Å². The summed E-state index contributed by atoms with van der Waals surface area (Å²) in [7, 11) is 1.88. The first kappa shape index (κ1) is 14.4. The SMILES string of the molecule is CNCc1ccc(Oc2ccc(SC)cc2)c(C#N)c1. The molecule has 0 aliphatic carbocycles. The first-order valence-corrected chi connectivity index (χ1v) is 7.49. The Kier molecular flexibility index (Phi) is 5.05. The van der Waals surface area contributed by atoms with E-state index >= 15 is 0 Å². The van der Waals surface area contributed by atoms with Crippen molar-refractivity contribution in [2.75, 3.05) is 13.3 Å². The molecule has 4 heteroatoms. The minimum absolute atomic E-state index is 0.548. The van der Waals surface area contributed by atoms with E-state index in [4.69, 9.17) is 4.74 Å². The quantitative estimate of drug-likeness (QED) is 0.848. The molecule has 3 nitrogen and oxygen atoms in total. The van der Waals surface area contributed by atoms with Gasteiger partial charge in [0.15, 0.2) is 0 Å². The molecule has 0 saturated carbocycles. The molecule has 2 aromatic rings. The minimum atomic E-state index is 0.548. The molecule has 0 aromatic heterocycles. The molecule has 0 fully saturated rings. The molecule has 102 valence electrons. The van der Waals surface area contributed by atoms with Gasteiger partial charge in [0, 0.05) is 11.4 Å². The Balaban J connectivity index is 2.21. The lowest BCUT2D eigenvalue weighted by Crippen LogP contribution is -2.05. The van der Waals surface area contributed by atoms with Gasteiger partial charge in [0.1, 0.15) is 17.6 Å². The van der Waals surface area contributed by atoms with E-state index in [2.05, 4.69) is 11.4 Å². The van der Waals surface area contributed by atoms with Crippen LogP contribution in [0.1, 0.15) is 11.1 Å². The minimum Gasteiger partial charge on any atom is -0.456 e. The van der Waals surface area contributed by atoms with Crippen LogP contribution in [-0.4, -0.2) is 13.3 Å². The van der Waals surface area contributed by atoms with Gasteiger partial charge >= 0.3 is 0 Å². The highest BCUT2D eigenvalue weighted by Crippen LogP contribution is 2.27. The topological polar surface area (TPSA) is 45.0 Å². The van der Waals surface area contributed by atoms with E-state index in [1.165, 1.54) is 4.90 Å². The fraction of sp³-hybridized carbons (Fsp3) is 0.188. The second-order valence-electron chi connectivity index (χ2n) is 4.25. The normalized spacial score (nSPS) is 10.1. The summed E-state index contributed by atoms with van der Waals surface area (Å²) in [5.74, 6) is 1.32. The Hall–Kier alpha value is -1.96. The smallest absolute Gasteiger partial charge is 0.145 e. The molecule has 0 bridgehead atoms. The fourth-order valence-corrected chi connectivity index (χ4v) is 2.25. The summed E-state index contributed by atoms with van der Waals surface area (Å²) >= 11 is 1.68. The molecule has 0 radical (unpaired) electrons. The third-order valence-corrected chi connectivity index (χ3v) is 3.58. The highest BCUT2D eigenvalue weighted by atomic mass is 32.2. The van der Waals surface area contributed by atoms with Gasteiger partial charge in [-0.05, 0) is 55.3 Å². The van der Waals surface area contributed by atoms with E-state index < -0.39 is 0 Å². The summed E-state index contributed by atoms with van der Waals surface area (Å²) in [6.45, 7) is 0.734. The fourth-order valence-electron chi connectivity index (χ4n) is 1.84. The van der Waals surface area contributed by atoms with Crippen LogP contribution in [-0.2, 0) is 6.54 Å². The number of nitriles is 1. The summed E-state index contributed by atoms with van der Waals surface area (Å²) in [5.41, 5.74) is 1.61. The van der Waals surface area contributed by atoms with Crippen LogP contribution in [0.5, 0.6) is 11.5 Å². The van der Waals surface area contributed by atoms with Crippen molar-refractivity contribution in [3.63, 3.8) is 0 Å². The van der Waals surface area contributed by atoms with Crippen LogP contribution in [0, 0.1) is 11.3 Å². The van der Waals surface area contributed by atoms with Crippen molar-refractivity contribution in [3.05, 3.63) is 53.6 Å². The number of nitrogens with one attached hydrogen (secondary N) is 1. The molecule has 0 aliphatic rings. The average Bonchev–Trinajstić information content (AvgIpc) is 2.50. The number of hydrogen-bond acceptors (Lipinski definition) is 4. The largest absolute Gasteiger partial charge is 0.456 e. The summed E-state index contributed by atoms with van der Waals surface area (Å²) in [6.07, 6.45) is 2.03. The Bertz CT molecular complexity index is 617. The van der Waals surface area contributed by atoms with Gasteiger partial charge in [-0.25, -0.2) is 0 Å². The maximum absolute atomic E-state index is 9.22. The highest BCUT2D eigenvalue weighted by molar-refractivity contribution is 7.98. The number of thioether (sulfide) groups is 1. The summed E-state index contributed by atoms with van der Waals surface area (Å²) in [6, 6.07) is 15.7. The third-order valence-electron chi connectivity index (χ3n) is 2.83. The molecule has 1 N–H and O–H groups in total. The Morgan fingerprint density at radius 2 is 1.95 bits per heavy atom. The van der Waals surface area contributed by atoms with Gasteiger partial charge in [-0.1, -0.05) is 6.07 Å². The first-order chi connectivity index (χ1) is 9.76. The van der Waals surface area contributed by atoms with Crippen LogP contribution in [0.25, 0.3) is 0 Å². The second kappa shape index (κ2) is 6.99. The maximum Gasteiger partial charge on any atom is 0.145 e. The average molecular weight is 284 g/mol. The lowest BCUT2D eigenvalue weighted by molar-refractivity contribution is 0.480. The van der Waals surface area contributed by atoms with Crippen LogP contribution >= 0.6 is 11.8 Å². The van der Waals surface area contributed by atoms with Crippen LogP contribution in [0.4, 0.5) is 0 Å². The molecule has 0 saturated heterocycles. The Labute approximate surface area is 123 Å². The summed E-state index contributed by atoms with van der Waals surface area (Å²) in [4.78, 5) is 1.18. The van der Waals surface area contributed by atoms with E-state index in [0.717, 1.165) is 17.9 Å². The first-order valence-electron chi connectivity index (χ1n) is 6.26. The van der Waals surface area contributed by atoms with Gasteiger partial charge in [0.2, 0.25) is 0 Å². The number of nitrogens with zero attached hydrogens (tertiary/aromatic N) is 1. The van der Waals surface area contributed by atoms with Crippen molar-refractivity contribution >= 4 is 11.8 Å². The molecule has 0 aliphatic heterocycles. The molecule has 2 aromatic carbocycles. The van der Waals surface area contributed by atoms with Gasteiger partial charge in [-0.15, -0.1) is 11.8 Å². The van der Waals surface area contributed by atoms with Crippen molar-refractivity contribution in [1.82, 2.24) is 5.32 Å². The lowest BCUT2D eigenvalue weighted by Gasteiger charge is -2.09. The van der Waals surface area contributed by atoms with Crippen LogP contribution in [0.3, 0.4) is 0 Å². The summed E-state index contributed by atoms with van der Waals surface area (Å²) < 4.78 is 5.78. The van der Waals surface area contributed by atoms with Crippen molar-refractivity contribution in [2.24, 2.45) is 0 Å². The van der Waals surface area contributed by atoms with E-state index in [9.17, 15) is 5.26 Å². The number of benzene rings is 2. The standard InChI is InChI=1S/C16H16N2OS/c1-18-11-12-3-8-16(13(9-12)10-17)19-14-4-6-15(20-2)7-5-14/h3-9,18H,11H2,1-2H3. The Morgan fingerprint density at radius 3 is 2.55 bits per heavy atom. The predicted octanol–water partition coefficient (Wildman–Crippen LogP) is 3.79. The van der Waals surface area contributed by atoms with Gasteiger partial charge in [0.25, 0.3) is 0 Å². The lowest BCUT2D eigenvalue weighted by atomic mass is 10.1. The van der Waals surface area contributed by atoms with Crippen molar-refractivity contribution in [3.8, 4) is 17.6 Å². The zero-order valence-electron chi connectivity index (χ0n) is 11.5. The van der Waals surface area contributed by atoms with E-state index in [1.807, 2.05) is 55.8 Å². The maximum atomic E-state index is 9.22. The van der Waals surface area contributed by atoms with Crippen molar-refractivity contribution in [2.45, 2.75) is 11.4 Å². The third kappa shape index (κ3) is 3.53. The molecule has 0 heterocycles. The number of ether oxygens (including phenoxy) is 1. The van der Waals surface area contributed by atoms with Crippen LogP contribution < -0.4 is 10.1 Å². The van der Waals surface area contributed by atoms with Gasteiger partial charge in [-0.3, -0.25) is 0 Å². The van der Waals surface area contributed by atoms with Crippen LogP contribution in [0.15, 0.2) is 47.4 Å². The molecular weight excluding hydrogens is 268 g/mol. The number of hydrogen-bond donors (Lipinski definition) is 1. The monoisotopic (exact) mass is 284 g/mol. The summed E-state index contributed by atoms with van der Waals surface area (Å²) in [5, 5.41) is 12.3. The molecule has 0 unspecified atom stereocenters. The Morgan fingerprint density at radius 1 is 1.20 bits per heavy atom. The zero-order chi connectivity index (χ0) is 14.4. The molecule has 0 atom stereocenters. The molecule has 20 heavy (non-hydrogen) atoms. The van der Waals surface area contributed by atoms with Gasteiger partial charge in [-0.2, -0.15) is 5.26 Å². The van der Waals surface area contributed by atoms with Gasteiger partial charge < -0.3 is 10.1 Å². The predicted molar refractivity (Wildman–Crippen MR) is 82.2 cm³/mol. The zero-order valence-corrected chi connectivity index (χ0v) is 12.3. The van der Waals surface area contributed by atoms with Gasteiger partial charge in [0.05, 0.1) is 5.56 Å². The van der Waals surface area contributed by atoms with Crippen LogP contribution in [0.2, 0.25) is 0 Å². The van der Waals surface area contributed by atoms with E-state index in [1.54, 1.807) is 11.8 Å². The van der Waals surface area contributed by atoms with Crippen molar-refractivity contribution in [1.29, 1.82) is 5.26 Å².